The summed E-state index contributed by atoms with van der Waals surface area (Å²) in [5.41, 5.74) is 2.70. The van der Waals surface area contributed by atoms with Gasteiger partial charge in [0.05, 0.1) is 12.0 Å². The molecule has 3 fully saturated rings. The van der Waals surface area contributed by atoms with E-state index in [0.29, 0.717) is 6.04 Å². The van der Waals surface area contributed by atoms with Crippen LogP contribution in [0.1, 0.15) is 44.6 Å². The van der Waals surface area contributed by atoms with Crippen molar-refractivity contribution in [1.82, 2.24) is 4.90 Å². The lowest BCUT2D eigenvalue weighted by Gasteiger charge is -2.59. The van der Waals surface area contributed by atoms with Gasteiger partial charge < -0.3 is 10.4 Å². The third-order valence-corrected chi connectivity index (χ3v) is 7.71. The number of carboxylic acid groups (broad SMARTS) is 1. The standard InChI is InChI=1S/C20H26N2O2/c1-2-19-8-5-10-22-11-9-20(18(19)22)14-6-3-4-7-15(14)21-16(20)13(12-19)17(23)24/h3-4,6-7,13,16,18,21H,2,5,8-12H2,1H3,(H,23,24)/t13-,16?,18-,19-,20?/m0/s1. The van der Waals surface area contributed by atoms with E-state index in [0.717, 1.165) is 25.8 Å². The van der Waals surface area contributed by atoms with E-state index in [9.17, 15) is 9.90 Å². The molecule has 128 valence electrons. The number of hydrogen-bond donors (Lipinski definition) is 2. The molecule has 4 heteroatoms. The van der Waals surface area contributed by atoms with Crippen LogP contribution in [-0.2, 0) is 10.2 Å². The van der Waals surface area contributed by atoms with Gasteiger partial charge in [-0.15, -0.1) is 0 Å². The van der Waals surface area contributed by atoms with Crippen molar-refractivity contribution in [3.63, 3.8) is 0 Å². The molecule has 4 aliphatic rings. The molecule has 1 aromatic carbocycles. The highest BCUT2D eigenvalue weighted by molar-refractivity contribution is 5.76. The number of aliphatic carboxylic acids is 1. The SMILES string of the molecule is CC[C@]12CCCN3CCC4(c5ccccc5NC4[C@@H](C(=O)O)C1)[C@@H]32. The first-order valence-electron chi connectivity index (χ1n) is 9.45. The number of fused-ring (bicyclic) bond motifs is 1. The lowest BCUT2D eigenvalue weighted by Crippen LogP contribution is -2.67. The van der Waals surface area contributed by atoms with Crippen LogP contribution in [0.25, 0.3) is 0 Å². The summed E-state index contributed by atoms with van der Waals surface area (Å²) in [4.78, 5) is 14.9. The molecule has 0 radical (unpaired) electrons. The first kappa shape index (κ1) is 14.8. The van der Waals surface area contributed by atoms with Gasteiger partial charge in [0.1, 0.15) is 0 Å². The lowest BCUT2D eigenvalue weighted by molar-refractivity contribution is -0.150. The zero-order valence-corrected chi connectivity index (χ0v) is 14.3. The van der Waals surface area contributed by atoms with Gasteiger partial charge in [-0.25, -0.2) is 0 Å². The predicted molar refractivity (Wildman–Crippen MR) is 93.2 cm³/mol. The second kappa shape index (κ2) is 4.75. The summed E-state index contributed by atoms with van der Waals surface area (Å²) in [6, 6.07) is 9.13. The van der Waals surface area contributed by atoms with Crippen LogP contribution in [0.2, 0.25) is 0 Å². The maximum atomic E-state index is 12.2. The summed E-state index contributed by atoms with van der Waals surface area (Å²) in [6.45, 7) is 4.58. The van der Waals surface area contributed by atoms with Crippen molar-refractivity contribution in [3.8, 4) is 0 Å². The first-order chi connectivity index (χ1) is 11.6. The van der Waals surface area contributed by atoms with Gasteiger partial charge in [-0.3, -0.25) is 9.69 Å². The highest BCUT2D eigenvalue weighted by Crippen LogP contribution is 2.65. The normalized spacial score (nSPS) is 42.8. The topological polar surface area (TPSA) is 52.6 Å². The Labute approximate surface area is 143 Å². The van der Waals surface area contributed by atoms with Gasteiger partial charge in [-0.1, -0.05) is 25.1 Å². The van der Waals surface area contributed by atoms with Gasteiger partial charge in [0.15, 0.2) is 0 Å². The monoisotopic (exact) mass is 326 g/mol. The van der Waals surface area contributed by atoms with Crippen molar-refractivity contribution in [1.29, 1.82) is 0 Å². The Kier molecular flexibility index (Phi) is 2.92. The van der Waals surface area contributed by atoms with E-state index >= 15 is 0 Å². The molecule has 2 unspecified atom stereocenters. The minimum Gasteiger partial charge on any atom is -0.481 e. The molecule has 5 rings (SSSR count). The number of para-hydroxylation sites is 1. The zero-order valence-electron chi connectivity index (χ0n) is 14.3. The molecule has 1 aromatic rings. The Morgan fingerprint density at radius 1 is 1.33 bits per heavy atom. The summed E-state index contributed by atoms with van der Waals surface area (Å²) < 4.78 is 0. The van der Waals surface area contributed by atoms with Crippen LogP contribution >= 0.6 is 0 Å². The Morgan fingerprint density at radius 3 is 2.96 bits per heavy atom. The van der Waals surface area contributed by atoms with E-state index in [2.05, 4.69) is 41.4 Å². The Bertz CT molecular complexity index is 705. The van der Waals surface area contributed by atoms with Crippen molar-refractivity contribution >= 4 is 11.7 Å². The fraction of sp³-hybridized carbons (Fsp3) is 0.650. The molecule has 1 aliphatic carbocycles. The van der Waals surface area contributed by atoms with Crippen molar-refractivity contribution in [2.45, 2.75) is 56.5 Å². The molecule has 2 N–H and O–H groups in total. The maximum absolute atomic E-state index is 12.2. The number of carbonyl (C=O) groups is 1. The molecule has 1 saturated carbocycles. The molecule has 0 aromatic heterocycles. The fourth-order valence-electron chi connectivity index (χ4n) is 6.93. The summed E-state index contributed by atoms with van der Waals surface area (Å²) in [5, 5.41) is 13.7. The van der Waals surface area contributed by atoms with Crippen molar-refractivity contribution in [3.05, 3.63) is 29.8 Å². The van der Waals surface area contributed by atoms with Gasteiger partial charge in [-0.2, -0.15) is 0 Å². The second-order valence-electron chi connectivity index (χ2n) is 8.36. The minimum atomic E-state index is -0.616. The van der Waals surface area contributed by atoms with Crippen LogP contribution in [0.4, 0.5) is 5.69 Å². The third-order valence-electron chi connectivity index (χ3n) is 7.71. The highest BCUT2D eigenvalue weighted by atomic mass is 16.4. The van der Waals surface area contributed by atoms with Crippen LogP contribution in [0.3, 0.4) is 0 Å². The second-order valence-corrected chi connectivity index (χ2v) is 8.36. The van der Waals surface area contributed by atoms with Crippen LogP contribution in [0.5, 0.6) is 0 Å². The van der Waals surface area contributed by atoms with Crippen LogP contribution in [-0.4, -0.2) is 41.1 Å². The summed E-state index contributed by atoms with van der Waals surface area (Å²) >= 11 is 0. The maximum Gasteiger partial charge on any atom is 0.308 e. The molecule has 1 spiro atoms. The molecule has 0 amide bonds. The summed E-state index contributed by atoms with van der Waals surface area (Å²) in [6.07, 6.45) is 5.41. The van der Waals surface area contributed by atoms with Gasteiger partial charge in [-0.05, 0) is 62.2 Å². The number of anilines is 1. The molecule has 24 heavy (non-hydrogen) atoms. The lowest BCUT2D eigenvalue weighted by atomic mass is 9.49. The average molecular weight is 326 g/mol. The van der Waals surface area contributed by atoms with E-state index in [4.69, 9.17) is 0 Å². The van der Waals surface area contributed by atoms with E-state index < -0.39 is 5.97 Å². The van der Waals surface area contributed by atoms with E-state index in [1.807, 2.05) is 0 Å². The van der Waals surface area contributed by atoms with Gasteiger partial charge in [0.25, 0.3) is 0 Å². The molecule has 4 nitrogen and oxygen atoms in total. The quantitative estimate of drug-likeness (QED) is 0.877. The number of nitrogens with one attached hydrogen (secondary N) is 1. The van der Waals surface area contributed by atoms with Crippen molar-refractivity contribution in [2.24, 2.45) is 11.3 Å². The third kappa shape index (κ3) is 1.56. The Hall–Kier alpha value is -1.55. The Morgan fingerprint density at radius 2 is 2.17 bits per heavy atom. The zero-order chi connectivity index (χ0) is 16.5. The number of benzene rings is 1. The molecular weight excluding hydrogens is 300 g/mol. The summed E-state index contributed by atoms with van der Waals surface area (Å²) in [5.74, 6) is -0.901. The fourth-order valence-corrected chi connectivity index (χ4v) is 6.93. The van der Waals surface area contributed by atoms with Crippen LogP contribution < -0.4 is 5.32 Å². The number of rotatable bonds is 2. The largest absolute Gasteiger partial charge is 0.481 e. The molecule has 2 saturated heterocycles. The van der Waals surface area contributed by atoms with Gasteiger partial charge in [0, 0.05) is 17.1 Å². The van der Waals surface area contributed by atoms with Gasteiger partial charge >= 0.3 is 5.97 Å². The number of carboxylic acids is 1. The molecule has 5 atom stereocenters. The highest BCUT2D eigenvalue weighted by Gasteiger charge is 2.69. The molecule has 0 bridgehead atoms. The van der Waals surface area contributed by atoms with Gasteiger partial charge in [0.2, 0.25) is 0 Å². The minimum absolute atomic E-state index is 0.0195. The number of nitrogens with zero attached hydrogens (tertiary/aromatic N) is 1. The summed E-state index contributed by atoms with van der Waals surface area (Å²) in [7, 11) is 0. The van der Waals surface area contributed by atoms with Crippen molar-refractivity contribution < 1.29 is 9.90 Å². The van der Waals surface area contributed by atoms with Crippen LogP contribution in [0.15, 0.2) is 24.3 Å². The number of piperidine rings is 1. The van der Waals surface area contributed by atoms with Crippen LogP contribution in [0, 0.1) is 11.3 Å². The van der Waals surface area contributed by atoms with E-state index in [1.165, 1.54) is 30.6 Å². The number of hydrogen-bond acceptors (Lipinski definition) is 3. The predicted octanol–water partition coefficient (Wildman–Crippen LogP) is 3.09. The average Bonchev–Trinajstić information content (AvgIpc) is 3.15. The smallest absolute Gasteiger partial charge is 0.308 e. The first-order valence-corrected chi connectivity index (χ1v) is 9.45. The Balaban J connectivity index is 1.75. The van der Waals surface area contributed by atoms with Crippen molar-refractivity contribution in [2.75, 3.05) is 18.4 Å². The molecule has 3 heterocycles. The molecular formula is C20H26N2O2. The molecule has 3 aliphatic heterocycles. The van der Waals surface area contributed by atoms with E-state index in [1.54, 1.807) is 0 Å². The van der Waals surface area contributed by atoms with E-state index in [-0.39, 0.29) is 22.8 Å².